The van der Waals surface area contributed by atoms with Crippen LogP contribution in [0.3, 0.4) is 0 Å². The summed E-state index contributed by atoms with van der Waals surface area (Å²) in [5.41, 5.74) is 1.88. The lowest BCUT2D eigenvalue weighted by molar-refractivity contribution is 0.240. The molecule has 0 saturated carbocycles. The Morgan fingerprint density at radius 2 is 1.80 bits per heavy atom. The van der Waals surface area contributed by atoms with Crippen LogP contribution in [0.1, 0.15) is 25.0 Å². The molecule has 2 aromatic carbocycles. The van der Waals surface area contributed by atoms with Crippen LogP contribution in [0.4, 0.5) is 0 Å². The van der Waals surface area contributed by atoms with Crippen LogP contribution in [0.2, 0.25) is 0 Å². The van der Waals surface area contributed by atoms with Gasteiger partial charge in [-0.25, -0.2) is 0 Å². The van der Waals surface area contributed by atoms with E-state index < -0.39 is 0 Å². The molecular formula is C17H17NOS. The zero-order valence-electron chi connectivity index (χ0n) is 11.7. The van der Waals surface area contributed by atoms with Crippen molar-refractivity contribution in [3.05, 3.63) is 59.7 Å². The molecule has 0 radical (unpaired) electrons. The number of benzene rings is 2. The van der Waals surface area contributed by atoms with Crippen molar-refractivity contribution < 1.29 is 4.74 Å². The molecule has 0 aromatic heterocycles. The lowest BCUT2D eigenvalue weighted by Gasteiger charge is -2.13. The van der Waals surface area contributed by atoms with Crippen LogP contribution in [0.25, 0.3) is 0 Å². The Balaban J connectivity index is 2.04. The highest BCUT2D eigenvalue weighted by molar-refractivity contribution is 7.98. The van der Waals surface area contributed by atoms with Crippen LogP contribution in [0.15, 0.2) is 53.4 Å². The number of para-hydroxylation sites is 1. The second kappa shape index (κ2) is 7.02. The van der Waals surface area contributed by atoms with Gasteiger partial charge in [-0.05, 0) is 44.2 Å². The predicted octanol–water partition coefficient (Wildman–Crippen LogP) is 4.64. The van der Waals surface area contributed by atoms with E-state index in [1.54, 1.807) is 11.8 Å². The molecule has 0 spiro atoms. The van der Waals surface area contributed by atoms with Gasteiger partial charge in [0.15, 0.2) is 0 Å². The van der Waals surface area contributed by atoms with Gasteiger partial charge in [0.25, 0.3) is 0 Å². The summed E-state index contributed by atoms with van der Waals surface area (Å²) in [6, 6.07) is 17.9. The summed E-state index contributed by atoms with van der Waals surface area (Å²) in [5.74, 6) is 1.80. The molecule has 0 aliphatic rings. The number of hydrogen-bond donors (Lipinski definition) is 0. The first kappa shape index (κ1) is 14.5. The molecule has 2 aromatic rings. The van der Waals surface area contributed by atoms with Crippen molar-refractivity contribution in [2.24, 2.45) is 0 Å². The molecule has 102 valence electrons. The fourth-order valence-corrected chi connectivity index (χ4v) is 2.67. The van der Waals surface area contributed by atoms with Crippen molar-refractivity contribution >= 4 is 11.8 Å². The summed E-state index contributed by atoms with van der Waals surface area (Å²) in [6.07, 6.45) is 0.177. The number of hydrogen-bond acceptors (Lipinski definition) is 3. The largest absolute Gasteiger partial charge is 0.491 e. The predicted molar refractivity (Wildman–Crippen MR) is 82.9 cm³/mol. The van der Waals surface area contributed by atoms with Gasteiger partial charge in [-0.15, -0.1) is 11.8 Å². The molecule has 0 saturated heterocycles. The standard InChI is InChI=1S/C17H17NOS/c1-13(2)19-17-6-4-3-5-15(17)12-20-16-9-7-14(11-18)8-10-16/h3-10,13H,12H2,1-2H3. The number of rotatable bonds is 5. The highest BCUT2D eigenvalue weighted by Gasteiger charge is 2.05. The van der Waals surface area contributed by atoms with Gasteiger partial charge in [0.05, 0.1) is 17.7 Å². The minimum Gasteiger partial charge on any atom is -0.491 e. The molecule has 2 nitrogen and oxygen atoms in total. The summed E-state index contributed by atoms with van der Waals surface area (Å²) < 4.78 is 5.81. The smallest absolute Gasteiger partial charge is 0.123 e. The summed E-state index contributed by atoms with van der Waals surface area (Å²) >= 11 is 1.74. The van der Waals surface area contributed by atoms with Gasteiger partial charge < -0.3 is 4.74 Å². The molecule has 0 amide bonds. The Bertz CT molecular complexity index is 599. The van der Waals surface area contributed by atoms with Crippen LogP contribution in [0.5, 0.6) is 5.75 Å². The highest BCUT2D eigenvalue weighted by atomic mass is 32.2. The van der Waals surface area contributed by atoms with E-state index in [2.05, 4.69) is 12.1 Å². The van der Waals surface area contributed by atoms with E-state index in [0.717, 1.165) is 16.4 Å². The SMILES string of the molecule is CC(C)Oc1ccccc1CSc1ccc(C#N)cc1. The van der Waals surface area contributed by atoms with Crippen LogP contribution in [-0.4, -0.2) is 6.10 Å². The third-order valence-corrected chi connectivity index (χ3v) is 3.77. The maximum Gasteiger partial charge on any atom is 0.123 e. The lowest BCUT2D eigenvalue weighted by atomic mass is 10.2. The second-order valence-electron chi connectivity index (χ2n) is 4.70. The summed E-state index contributed by atoms with van der Waals surface area (Å²) in [7, 11) is 0. The van der Waals surface area contributed by atoms with Gasteiger partial charge in [-0.3, -0.25) is 0 Å². The molecule has 0 atom stereocenters. The molecule has 3 heteroatoms. The number of thioether (sulfide) groups is 1. The maximum atomic E-state index is 8.78. The molecule has 0 heterocycles. The summed E-state index contributed by atoms with van der Waals surface area (Å²) in [4.78, 5) is 1.16. The number of nitriles is 1. The van der Waals surface area contributed by atoms with E-state index in [1.165, 1.54) is 5.56 Å². The first-order chi connectivity index (χ1) is 9.69. The van der Waals surface area contributed by atoms with Crippen molar-refractivity contribution in [1.82, 2.24) is 0 Å². The molecular weight excluding hydrogens is 266 g/mol. The molecule has 20 heavy (non-hydrogen) atoms. The molecule has 0 fully saturated rings. The Morgan fingerprint density at radius 3 is 2.45 bits per heavy atom. The van der Waals surface area contributed by atoms with E-state index in [0.29, 0.717) is 5.56 Å². The van der Waals surface area contributed by atoms with E-state index >= 15 is 0 Å². The van der Waals surface area contributed by atoms with Crippen molar-refractivity contribution in [2.45, 2.75) is 30.6 Å². The van der Waals surface area contributed by atoms with Crippen molar-refractivity contribution in [3.8, 4) is 11.8 Å². The van der Waals surface area contributed by atoms with E-state index in [9.17, 15) is 0 Å². The summed E-state index contributed by atoms with van der Waals surface area (Å²) in [5, 5.41) is 8.78. The average Bonchev–Trinajstić information content (AvgIpc) is 2.46. The molecule has 2 rings (SSSR count). The number of nitrogens with zero attached hydrogens (tertiary/aromatic N) is 1. The lowest BCUT2D eigenvalue weighted by Crippen LogP contribution is -2.07. The van der Waals surface area contributed by atoms with Gasteiger partial charge in [-0.2, -0.15) is 5.26 Å². The van der Waals surface area contributed by atoms with E-state index in [-0.39, 0.29) is 6.10 Å². The maximum absolute atomic E-state index is 8.78. The Labute approximate surface area is 124 Å². The molecule has 0 aliphatic carbocycles. The van der Waals surface area contributed by atoms with Crippen molar-refractivity contribution in [3.63, 3.8) is 0 Å². The van der Waals surface area contributed by atoms with Crippen LogP contribution >= 0.6 is 11.8 Å². The Hall–Kier alpha value is -1.92. The molecule has 0 aliphatic heterocycles. The Kier molecular flexibility index (Phi) is 5.09. The van der Waals surface area contributed by atoms with Crippen molar-refractivity contribution in [1.29, 1.82) is 5.26 Å². The normalized spacial score (nSPS) is 10.3. The average molecular weight is 283 g/mol. The molecule has 0 bridgehead atoms. The zero-order chi connectivity index (χ0) is 14.4. The first-order valence-corrected chi connectivity index (χ1v) is 7.55. The molecule has 0 unspecified atom stereocenters. The second-order valence-corrected chi connectivity index (χ2v) is 5.75. The van der Waals surface area contributed by atoms with Gasteiger partial charge in [0.2, 0.25) is 0 Å². The zero-order valence-corrected chi connectivity index (χ0v) is 12.5. The monoisotopic (exact) mass is 283 g/mol. The fourth-order valence-electron chi connectivity index (χ4n) is 1.78. The van der Waals surface area contributed by atoms with Crippen molar-refractivity contribution in [2.75, 3.05) is 0 Å². The number of ether oxygens (including phenoxy) is 1. The summed E-state index contributed by atoms with van der Waals surface area (Å²) in [6.45, 7) is 4.06. The van der Waals surface area contributed by atoms with E-state index in [4.69, 9.17) is 10.00 Å². The van der Waals surface area contributed by atoms with Gasteiger partial charge in [-0.1, -0.05) is 18.2 Å². The van der Waals surface area contributed by atoms with Gasteiger partial charge in [0.1, 0.15) is 5.75 Å². The first-order valence-electron chi connectivity index (χ1n) is 6.56. The van der Waals surface area contributed by atoms with E-state index in [1.807, 2.05) is 56.3 Å². The van der Waals surface area contributed by atoms with Gasteiger partial charge in [0, 0.05) is 16.2 Å². The van der Waals surface area contributed by atoms with Crippen LogP contribution in [0, 0.1) is 11.3 Å². The van der Waals surface area contributed by atoms with Gasteiger partial charge >= 0.3 is 0 Å². The molecule has 0 N–H and O–H groups in total. The minimum absolute atomic E-state index is 0.177. The fraction of sp³-hybridized carbons (Fsp3) is 0.235. The Morgan fingerprint density at radius 1 is 1.10 bits per heavy atom. The topological polar surface area (TPSA) is 33.0 Å². The third-order valence-electron chi connectivity index (χ3n) is 2.71. The highest BCUT2D eigenvalue weighted by Crippen LogP contribution is 2.28. The van der Waals surface area contributed by atoms with Crippen LogP contribution < -0.4 is 4.74 Å². The minimum atomic E-state index is 0.177. The van der Waals surface area contributed by atoms with Crippen LogP contribution in [-0.2, 0) is 5.75 Å². The third kappa shape index (κ3) is 4.04. The quantitative estimate of drug-likeness (QED) is 0.750.